The van der Waals surface area contributed by atoms with E-state index in [1.807, 2.05) is 31.2 Å². The van der Waals surface area contributed by atoms with E-state index in [9.17, 15) is 19.2 Å². The monoisotopic (exact) mass is 433 g/mol. The molecule has 1 unspecified atom stereocenters. The average Bonchev–Trinajstić information content (AvgIpc) is 3.08. The molecule has 2 aromatic carbocycles. The van der Waals surface area contributed by atoms with Crippen LogP contribution in [0, 0.1) is 6.92 Å². The Kier molecular flexibility index (Phi) is 6.08. The van der Waals surface area contributed by atoms with Crippen LogP contribution in [-0.2, 0) is 16.0 Å². The van der Waals surface area contributed by atoms with E-state index in [-0.39, 0.29) is 11.8 Å². The number of aryl methyl sites for hydroxylation is 2. The molecule has 0 radical (unpaired) electrons. The molecule has 4 amide bonds. The number of carbonyl (C=O) groups is 4. The number of imide groups is 1. The van der Waals surface area contributed by atoms with Crippen molar-refractivity contribution in [3.63, 3.8) is 0 Å². The number of fused-ring (bicyclic) bond motifs is 1. The van der Waals surface area contributed by atoms with Crippen molar-refractivity contribution in [2.24, 2.45) is 0 Å². The molecule has 1 fully saturated rings. The minimum Gasteiger partial charge on any atom is -0.339 e. The summed E-state index contributed by atoms with van der Waals surface area (Å²) in [4.78, 5) is 55.4. The van der Waals surface area contributed by atoms with Gasteiger partial charge < -0.3 is 9.80 Å². The van der Waals surface area contributed by atoms with E-state index in [2.05, 4.69) is 0 Å². The van der Waals surface area contributed by atoms with E-state index in [0.717, 1.165) is 10.5 Å². The van der Waals surface area contributed by atoms with Gasteiger partial charge in [-0.05, 0) is 38.0 Å². The molecule has 2 heterocycles. The van der Waals surface area contributed by atoms with E-state index in [0.29, 0.717) is 50.1 Å². The van der Waals surface area contributed by atoms with Crippen LogP contribution in [0.15, 0.2) is 48.5 Å². The maximum atomic E-state index is 13.0. The number of rotatable bonds is 5. The van der Waals surface area contributed by atoms with Gasteiger partial charge in [-0.2, -0.15) is 0 Å². The van der Waals surface area contributed by atoms with Crippen molar-refractivity contribution in [2.45, 2.75) is 32.7 Å². The summed E-state index contributed by atoms with van der Waals surface area (Å²) >= 11 is 0. The van der Waals surface area contributed by atoms with Crippen LogP contribution in [0.4, 0.5) is 0 Å². The number of nitrogens with zero attached hydrogens (tertiary/aromatic N) is 3. The lowest BCUT2D eigenvalue weighted by Crippen LogP contribution is -2.56. The first-order chi connectivity index (χ1) is 15.4. The highest BCUT2D eigenvalue weighted by molar-refractivity contribution is 6.22. The molecule has 0 saturated carbocycles. The summed E-state index contributed by atoms with van der Waals surface area (Å²) in [7, 11) is 0. The van der Waals surface area contributed by atoms with E-state index in [1.165, 1.54) is 5.56 Å². The molecule has 0 N–H and O–H groups in total. The van der Waals surface area contributed by atoms with Crippen molar-refractivity contribution in [3.8, 4) is 0 Å². The number of piperazine rings is 1. The van der Waals surface area contributed by atoms with Gasteiger partial charge in [-0.15, -0.1) is 0 Å². The Morgan fingerprint density at radius 2 is 1.38 bits per heavy atom. The molecule has 4 rings (SSSR count). The highest BCUT2D eigenvalue weighted by Crippen LogP contribution is 2.25. The van der Waals surface area contributed by atoms with E-state index < -0.39 is 17.9 Å². The Labute approximate surface area is 187 Å². The van der Waals surface area contributed by atoms with E-state index >= 15 is 0 Å². The molecule has 2 aromatic rings. The zero-order chi connectivity index (χ0) is 22.8. The molecule has 7 nitrogen and oxygen atoms in total. The molecule has 32 heavy (non-hydrogen) atoms. The van der Waals surface area contributed by atoms with Gasteiger partial charge in [-0.1, -0.05) is 42.0 Å². The fourth-order valence-corrected chi connectivity index (χ4v) is 4.27. The largest absolute Gasteiger partial charge is 0.339 e. The van der Waals surface area contributed by atoms with Gasteiger partial charge >= 0.3 is 0 Å². The molecule has 7 heteroatoms. The first-order valence-electron chi connectivity index (χ1n) is 11.0. The standard InChI is InChI=1S/C25H27N3O4/c1-17-7-9-19(10-8-17)11-12-22(29)26-13-15-27(16-14-26)23(30)18(2)28-24(31)20-5-3-4-6-21(20)25(28)32/h3-10,18H,11-16H2,1-2H3. The van der Waals surface area contributed by atoms with Crippen LogP contribution in [0.5, 0.6) is 0 Å². The smallest absolute Gasteiger partial charge is 0.262 e. The van der Waals surface area contributed by atoms with Crippen molar-refractivity contribution in [1.29, 1.82) is 0 Å². The maximum absolute atomic E-state index is 13.0. The van der Waals surface area contributed by atoms with E-state index in [1.54, 1.807) is 41.0 Å². The minimum atomic E-state index is -0.883. The number of hydrogen-bond donors (Lipinski definition) is 0. The first kappa shape index (κ1) is 21.7. The minimum absolute atomic E-state index is 0.0751. The topological polar surface area (TPSA) is 78.0 Å². The quantitative estimate of drug-likeness (QED) is 0.678. The van der Waals surface area contributed by atoms with Crippen LogP contribution in [-0.4, -0.2) is 70.5 Å². The maximum Gasteiger partial charge on any atom is 0.262 e. The molecule has 0 bridgehead atoms. The fourth-order valence-electron chi connectivity index (χ4n) is 4.27. The van der Waals surface area contributed by atoms with Gasteiger partial charge in [0.1, 0.15) is 6.04 Å². The molecule has 1 saturated heterocycles. The molecular weight excluding hydrogens is 406 g/mol. The van der Waals surface area contributed by atoms with Crippen LogP contribution >= 0.6 is 0 Å². The fraction of sp³-hybridized carbons (Fsp3) is 0.360. The summed E-state index contributed by atoms with van der Waals surface area (Å²) in [5, 5.41) is 0. The van der Waals surface area contributed by atoms with Gasteiger partial charge in [0, 0.05) is 32.6 Å². The molecule has 0 aliphatic carbocycles. The summed E-state index contributed by atoms with van der Waals surface area (Å²) in [6.45, 7) is 5.31. The van der Waals surface area contributed by atoms with Crippen molar-refractivity contribution < 1.29 is 19.2 Å². The lowest BCUT2D eigenvalue weighted by molar-refractivity contribution is -0.141. The summed E-state index contributed by atoms with van der Waals surface area (Å²) in [6.07, 6.45) is 1.12. The third-order valence-electron chi connectivity index (χ3n) is 6.26. The summed E-state index contributed by atoms with van der Waals surface area (Å²) in [5.74, 6) is -1.06. The Bertz CT molecular complexity index is 1020. The molecule has 0 aromatic heterocycles. The third-order valence-corrected chi connectivity index (χ3v) is 6.26. The van der Waals surface area contributed by atoms with Gasteiger partial charge in [0.2, 0.25) is 11.8 Å². The number of hydrogen-bond acceptors (Lipinski definition) is 4. The van der Waals surface area contributed by atoms with Gasteiger partial charge in [0.15, 0.2) is 0 Å². The highest BCUT2D eigenvalue weighted by Gasteiger charge is 2.42. The van der Waals surface area contributed by atoms with Crippen LogP contribution < -0.4 is 0 Å². The zero-order valence-corrected chi connectivity index (χ0v) is 18.4. The molecule has 166 valence electrons. The third kappa shape index (κ3) is 4.15. The van der Waals surface area contributed by atoms with Crippen LogP contribution in [0.3, 0.4) is 0 Å². The van der Waals surface area contributed by atoms with Crippen LogP contribution in [0.1, 0.15) is 45.2 Å². The predicted octanol–water partition coefficient (Wildman–Crippen LogP) is 2.28. The molecular formula is C25H27N3O4. The zero-order valence-electron chi connectivity index (χ0n) is 18.4. The Morgan fingerprint density at radius 3 is 1.94 bits per heavy atom. The second-order valence-corrected chi connectivity index (χ2v) is 8.39. The average molecular weight is 434 g/mol. The Morgan fingerprint density at radius 1 is 0.844 bits per heavy atom. The van der Waals surface area contributed by atoms with Crippen molar-refractivity contribution in [2.75, 3.05) is 26.2 Å². The van der Waals surface area contributed by atoms with Crippen molar-refractivity contribution in [1.82, 2.24) is 14.7 Å². The summed E-state index contributed by atoms with van der Waals surface area (Å²) in [6, 6.07) is 13.9. The second-order valence-electron chi connectivity index (χ2n) is 8.39. The van der Waals surface area contributed by atoms with Crippen LogP contribution in [0.25, 0.3) is 0 Å². The van der Waals surface area contributed by atoms with Gasteiger partial charge in [0.25, 0.3) is 11.8 Å². The second kappa shape index (κ2) is 8.94. The normalized spacial score (nSPS) is 16.9. The lowest BCUT2D eigenvalue weighted by atomic mass is 10.1. The van der Waals surface area contributed by atoms with Gasteiger partial charge in [0.05, 0.1) is 11.1 Å². The lowest BCUT2D eigenvalue weighted by Gasteiger charge is -2.37. The number of benzene rings is 2. The van der Waals surface area contributed by atoms with Gasteiger partial charge in [-0.25, -0.2) is 0 Å². The summed E-state index contributed by atoms with van der Waals surface area (Å²) in [5.41, 5.74) is 2.99. The van der Waals surface area contributed by atoms with Gasteiger partial charge in [-0.3, -0.25) is 24.1 Å². The van der Waals surface area contributed by atoms with E-state index in [4.69, 9.17) is 0 Å². The van der Waals surface area contributed by atoms with Crippen molar-refractivity contribution in [3.05, 3.63) is 70.8 Å². The Balaban J connectivity index is 1.30. The molecule has 2 aliphatic rings. The van der Waals surface area contributed by atoms with Crippen LogP contribution in [0.2, 0.25) is 0 Å². The molecule has 1 atom stereocenters. The first-order valence-corrected chi connectivity index (χ1v) is 11.0. The number of carbonyl (C=O) groups excluding carboxylic acids is 4. The van der Waals surface area contributed by atoms with Crippen molar-refractivity contribution >= 4 is 23.6 Å². The Hall–Kier alpha value is -3.48. The summed E-state index contributed by atoms with van der Waals surface area (Å²) < 4.78 is 0. The predicted molar refractivity (Wildman–Crippen MR) is 119 cm³/mol. The highest BCUT2D eigenvalue weighted by atomic mass is 16.2. The SMILES string of the molecule is Cc1ccc(CCC(=O)N2CCN(C(=O)C(C)N3C(=O)c4ccccc4C3=O)CC2)cc1. The number of amides is 4. The molecule has 2 aliphatic heterocycles. The molecule has 0 spiro atoms.